The molecule has 5 aromatic rings. The van der Waals surface area contributed by atoms with Crippen molar-refractivity contribution in [3.05, 3.63) is 110 Å². The lowest BCUT2D eigenvalue weighted by molar-refractivity contribution is -0.191. The second-order valence-corrected chi connectivity index (χ2v) is 21.0. The van der Waals surface area contributed by atoms with E-state index in [4.69, 9.17) is 9.59 Å². The van der Waals surface area contributed by atoms with E-state index >= 15 is 0 Å². The summed E-state index contributed by atoms with van der Waals surface area (Å²) in [5.74, 6) is -1.35. The first kappa shape index (κ1) is 46.2. The minimum Gasteiger partial charge on any atom is -0.337 e. The Labute approximate surface area is 372 Å². The SMILES string of the molecule is CN(Cc1nccn1C)C(=O)c1cc(S(=O)(=O)CC(=O)Cc2c3c(cc4c2CCC4)CCC3)nn1C.Cn1ccc(S(=O)(=O)CC(=O)Cc2c3c(cc4c2CCC4)CCC3)n1.O=C=O. The number of sulfone groups is 2. The zero-order chi connectivity index (χ0) is 45.9. The third kappa shape index (κ3) is 9.93. The molecule has 0 radical (unpaired) electrons. The summed E-state index contributed by atoms with van der Waals surface area (Å²) in [5, 5.41) is 7.74. The average molecular weight is 912 g/mol. The molecule has 2 aromatic carbocycles. The van der Waals surface area contributed by atoms with Gasteiger partial charge < -0.3 is 9.47 Å². The summed E-state index contributed by atoms with van der Waals surface area (Å²) >= 11 is 0. The minimum absolute atomic E-state index is 0.0214. The topological polar surface area (TPSA) is 210 Å². The van der Waals surface area contributed by atoms with Crippen molar-refractivity contribution in [3.63, 3.8) is 0 Å². The first-order valence-electron chi connectivity index (χ1n) is 21.5. The van der Waals surface area contributed by atoms with Gasteiger partial charge in [-0.05, 0) is 139 Å². The quantitative estimate of drug-likeness (QED) is 0.167. The number of carbonyl (C=O) groups is 3. The number of fused-ring (bicyclic) bond motifs is 4. The molecule has 0 atom stereocenters. The summed E-state index contributed by atoms with van der Waals surface area (Å²) < 4.78 is 55.6. The van der Waals surface area contributed by atoms with Gasteiger partial charge in [0, 0.05) is 65.7 Å². The lowest BCUT2D eigenvalue weighted by Crippen LogP contribution is -2.29. The molecule has 0 spiro atoms. The highest BCUT2D eigenvalue weighted by atomic mass is 32.2. The molecule has 0 fully saturated rings. The number of benzene rings is 2. The van der Waals surface area contributed by atoms with Crippen LogP contribution in [-0.2, 0) is 131 Å². The molecule has 4 aliphatic carbocycles. The summed E-state index contributed by atoms with van der Waals surface area (Å²) in [5.41, 5.74) is 12.8. The van der Waals surface area contributed by atoms with Gasteiger partial charge in [-0.2, -0.15) is 19.8 Å². The average Bonchev–Trinajstić information content (AvgIpc) is 4.08. The fourth-order valence-electron chi connectivity index (χ4n) is 9.75. The fourth-order valence-corrected chi connectivity index (χ4v) is 12.2. The highest BCUT2D eigenvalue weighted by molar-refractivity contribution is 7.92. The molecule has 1 amide bonds. The van der Waals surface area contributed by atoms with Gasteiger partial charge in [0.25, 0.3) is 5.91 Å². The van der Waals surface area contributed by atoms with E-state index in [0.29, 0.717) is 5.82 Å². The van der Waals surface area contributed by atoms with Crippen LogP contribution in [0.15, 0.2) is 52.9 Å². The number of amides is 1. The number of ketones is 2. The van der Waals surface area contributed by atoms with Gasteiger partial charge in [0.2, 0.25) is 19.7 Å². The van der Waals surface area contributed by atoms with Gasteiger partial charge in [-0.15, -0.1) is 0 Å². The molecule has 0 bridgehead atoms. The second kappa shape index (κ2) is 19.1. The molecule has 16 nitrogen and oxygen atoms in total. The number of hydrogen-bond acceptors (Lipinski definition) is 12. The predicted molar refractivity (Wildman–Crippen MR) is 233 cm³/mol. The molecular weight excluding hydrogens is 859 g/mol. The van der Waals surface area contributed by atoms with E-state index < -0.39 is 31.2 Å². The lowest BCUT2D eigenvalue weighted by Gasteiger charge is -2.16. The zero-order valence-corrected chi connectivity index (χ0v) is 38.3. The van der Waals surface area contributed by atoms with E-state index in [2.05, 4.69) is 27.3 Å². The van der Waals surface area contributed by atoms with Crippen LogP contribution in [0.4, 0.5) is 0 Å². The Morgan fingerprint density at radius 3 is 1.52 bits per heavy atom. The van der Waals surface area contributed by atoms with Gasteiger partial charge in [0.15, 0.2) is 21.6 Å². The van der Waals surface area contributed by atoms with E-state index in [1.807, 2.05) is 11.6 Å². The van der Waals surface area contributed by atoms with E-state index in [1.165, 1.54) is 78.0 Å². The van der Waals surface area contributed by atoms with Crippen LogP contribution in [0.3, 0.4) is 0 Å². The molecule has 0 saturated heterocycles. The molecule has 9 rings (SSSR count). The van der Waals surface area contributed by atoms with Crippen molar-refractivity contribution in [2.75, 3.05) is 18.6 Å². The highest BCUT2D eigenvalue weighted by Crippen LogP contribution is 2.37. The van der Waals surface area contributed by atoms with Gasteiger partial charge in [0.1, 0.15) is 23.0 Å². The van der Waals surface area contributed by atoms with Crippen LogP contribution in [0.2, 0.25) is 0 Å². The largest absolute Gasteiger partial charge is 0.373 e. The van der Waals surface area contributed by atoms with Crippen LogP contribution in [0.1, 0.15) is 97.6 Å². The number of aromatic nitrogens is 6. The summed E-state index contributed by atoms with van der Waals surface area (Å²) in [6, 6.07) is 7.33. The van der Waals surface area contributed by atoms with Crippen molar-refractivity contribution in [2.45, 2.75) is 106 Å². The summed E-state index contributed by atoms with van der Waals surface area (Å²) in [4.78, 5) is 60.6. The fraction of sp³-hybridized carbons (Fsp3) is 0.457. The van der Waals surface area contributed by atoms with Gasteiger partial charge in [-0.3, -0.25) is 23.7 Å². The highest BCUT2D eigenvalue weighted by Gasteiger charge is 2.31. The number of hydrogen-bond donors (Lipinski definition) is 0. The van der Waals surface area contributed by atoms with Gasteiger partial charge in [0.05, 0.1) is 6.54 Å². The predicted octanol–water partition coefficient (Wildman–Crippen LogP) is 3.39. The maximum atomic E-state index is 13.1. The van der Waals surface area contributed by atoms with Crippen molar-refractivity contribution in [2.24, 2.45) is 21.1 Å². The number of aryl methyl sites for hydroxylation is 7. The first-order chi connectivity index (χ1) is 30.5. The van der Waals surface area contributed by atoms with E-state index in [0.717, 1.165) is 88.2 Å². The summed E-state index contributed by atoms with van der Waals surface area (Å²) in [6.07, 6.45) is 18.2. The summed E-state index contributed by atoms with van der Waals surface area (Å²) in [7, 11) is -1.01. The van der Waals surface area contributed by atoms with Crippen molar-refractivity contribution >= 4 is 43.3 Å². The van der Waals surface area contributed by atoms with Crippen molar-refractivity contribution in [3.8, 4) is 0 Å². The van der Waals surface area contributed by atoms with Gasteiger partial charge >= 0.3 is 6.15 Å². The summed E-state index contributed by atoms with van der Waals surface area (Å²) in [6.45, 7) is 0.264. The molecule has 3 heterocycles. The molecule has 4 aliphatic rings. The van der Waals surface area contributed by atoms with E-state index in [1.54, 1.807) is 32.7 Å². The monoisotopic (exact) mass is 911 g/mol. The zero-order valence-electron chi connectivity index (χ0n) is 36.7. The van der Waals surface area contributed by atoms with E-state index in [9.17, 15) is 31.2 Å². The number of Topliss-reactive ketones (excluding diaryl/α,β-unsaturated/α-hetero) is 2. The number of imidazole rings is 1. The van der Waals surface area contributed by atoms with E-state index in [-0.39, 0.29) is 58.8 Å². The lowest BCUT2D eigenvalue weighted by atomic mass is 9.91. The van der Waals surface area contributed by atoms with Crippen molar-refractivity contribution in [1.29, 1.82) is 0 Å². The molecule has 3 aromatic heterocycles. The minimum atomic E-state index is -3.99. The van der Waals surface area contributed by atoms with Crippen LogP contribution in [0, 0.1) is 0 Å². The molecule has 18 heteroatoms. The van der Waals surface area contributed by atoms with Crippen LogP contribution in [0.5, 0.6) is 0 Å². The van der Waals surface area contributed by atoms with Crippen molar-refractivity contribution in [1.82, 2.24) is 34.0 Å². The normalized spacial score (nSPS) is 14.6. The Bertz CT molecular complexity index is 2840. The number of carbonyl (C=O) groups excluding carboxylic acids is 5. The molecule has 64 heavy (non-hydrogen) atoms. The molecular formula is C46H53N7O9S2. The Morgan fingerprint density at radius 2 is 1.11 bits per heavy atom. The van der Waals surface area contributed by atoms with Crippen LogP contribution in [-0.4, -0.2) is 93.0 Å². The Hall–Kier alpha value is -5.84. The second-order valence-electron chi connectivity index (χ2n) is 17.1. The Morgan fingerprint density at radius 1 is 0.656 bits per heavy atom. The first-order valence-corrected chi connectivity index (χ1v) is 24.8. The number of nitrogens with zero attached hydrogens (tertiary/aromatic N) is 7. The van der Waals surface area contributed by atoms with Crippen LogP contribution >= 0.6 is 0 Å². The van der Waals surface area contributed by atoms with Crippen LogP contribution < -0.4 is 0 Å². The molecule has 0 aliphatic heterocycles. The van der Waals surface area contributed by atoms with Crippen molar-refractivity contribution < 1.29 is 40.8 Å². The maximum absolute atomic E-state index is 13.1. The molecule has 338 valence electrons. The van der Waals surface area contributed by atoms with Crippen LogP contribution in [0.25, 0.3) is 0 Å². The maximum Gasteiger partial charge on any atom is 0.373 e. The molecule has 0 saturated carbocycles. The number of rotatable bonds is 13. The Kier molecular flexibility index (Phi) is 13.8. The van der Waals surface area contributed by atoms with Gasteiger partial charge in [-0.1, -0.05) is 12.1 Å². The van der Waals surface area contributed by atoms with Gasteiger partial charge in [-0.25, -0.2) is 21.8 Å². The third-order valence-corrected chi connectivity index (χ3v) is 15.8. The molecule has 0 unspecified atom stereocenters. The Balaban J connectivity index is 0.000000191. The smallest absolute Gasteiger partial charge is 0.337 e. The third-order valence-electron chi connectivity index (χ3n) is 12.7. The standard InChI is InChI=1S/C26H31N5O4S.C19H22N2O3S.CO2/c1-29-11-10-27-24(29)15-30(2)26(33)23-14-25(28-31(23)3)36(34,35)16-19(32)13-22-20-8-4-6-17(20)12-18-7-5-9-21(18)22;1-21-9-8-19(20-21)25(23,24)12-15(22)11-18-16-6-2-4-13(16)10-14-5-3-7-17(14)18;2-1-3/h10-12,14H,4-9,13,15-16H2,1-3H3;8-10H,2-7,11-12H2,1H3;. The molecule has 0 N–H and O–H groups in total.